The van der Waals surface area contributed by atoms with Gasteiger partial charge in [-0.25, -0.2) is 8.42 Å². The average molecular weight is 365 g/mol. The lowest BCUT2D eigenvalue weighted by atomic mass is 10.2. The molecule has 0 radical (unpaired) electrons. The smallest absolute Gasteiger partial charge is 0.257 e. The van der Waals surface area contributed by atoms with Crippen molar-refractivity contribution in [3.63, 3.8) is 0 Å². The number of hydrogen-bond donors (Lipinski definition) is 0. The zero-order valence-corrected chi connectivity index (χ0v) is 14.2. The van der Waals surface area contributed by atoms with Crippen LogP contribution in [0.1, 0.15) is 5.82 Å². The first-order valence-corrected chi connectivity index (χ1v) is 8.96. The summed E-state index contributed by atoms with van der Waals surface area (Å²) in [6.45, 7) is 0. The zero-order valence-electron chi connectivity index (χ0n) is 12.6. The van der Waals surface area contributed by atoms with E-state index >= 15 is 0 Å². The van der Waals surface area contributed by atoms with Crippen molar-refractivity contribution in [2.75, 3.05) is 7.11 Å². The van der Waals surface area contributed by atoms with Crippen LogP contribution in [0.15, 0.2) is 57.9 Å². The molecule has 1 aromatic heterocycles. The Bertz CT molecular complexity index is 952. The topological polar surface area (TPSA) is 82.3 Å². The molecule has 0 atom stereocenters. The van der Waals surface area contributed by atoms with Crippen LogP contribution in [0.4, 0.5) is 0 Å². The third-order valence-corrected chi connectivity index (χ3v) is 5.12. The van der Waals surface area contributed by atoms with Crippen molar-refractivity contribution in [2.45, 2.75) is 10.6 Å². The minimum Gasteiger partial charge on any atom is -0.497 e. The van der Waals surface area contributed by atoms with Crippen molar-refractivity contribution in [1.29, 1.82) is 0 Å². The summed E-state index contributed by atoms with van der Waals surface area (Å²) in [5.41, 5.74) is 0.676. The van der Waals surface area contributed by atoms with Crippen molar-refractivity contribution in [2.24, 2.45) is 0 Å². The van der Waals surface area contributed by atoms with E-state index in [1.54, 1.807) is 43.5 Å². The molecule has 8 heteroatoms. The van der Waals surface area contributed by atoms with Gasteiger partial charge in [0.25, 0.3) is 5.89 Å². The van der Waals surface area contributed by atoms with Crippen molar-refractivity contribution >= 4 is 21.4 Å². The number of nitrogens with zero attached hydrogens (tertiary/aromatic N) is 2. The van der Waals surface area contributed by atoms with Crippen LogP contribution in [0.5, 0.6) is 5.75 Å². The summed E-state index contributed by atoms with van der Waals surface area (Å²) in [5, 5.41) is 4.09. The van der Waals surface area contributed by atoms with E-state index in [9.17, 15) is 8.42 Å². The van der Waals surface area contributed by atoms with E-state index in [0.29, 0.717) is 16.3 Å². The van der Waals surface area contributed by atoms with Gasteiger partial charge in [-0.15, -0.1) is 0 Å². The first-order chi connectivity index (χ1) is 11.5. The predicted octanol–water partition coefficient (Wildman–Crippen LogP) is 3.37. The molecule has 3 aromatic rings. The SMILES string of the molecule is COc1ccc(-c2nc(CS(=O)(=O)c3cccc(Cl)c3)no2)cc1. The third-order valence-electron chi connectivity index (χ3n) is 3.28. The van der Waals surface area contributed by atoms with Gasteiger partial charge >= 0.3 is 0 Å². The molecule has 0 fully saturated rings. The molecule has 0 aliphatic heterocycles. The van der Waals surface area contributed by atoms with E-state index in [0.717, 1.165) is 0 Å². The Hall–Kier alpha value is -2.38. The molecule has 6 nitrogen and oxygen atoms in total. The number of rotatable bonds is 5. The first-order valence-electron chi connectivity index (χ1n) is 6.93. The van der Waals surface area contributed by atoms with Crippen LogP contribution in [-0.4, -0.2) is 25.7 Å². The maximum atomic E-state index is 12.4. The van der Waals surface area contributed by atoms with Gasteiger partial charge in [0.1, 0.15) is 11.5 Å². The zero-order chi connectivity index (χ0) is 17.2. The summed E-state index contributed by atoms with van der Waals surface area (Å²) in [6, 6.07) is 13.1. The van der Waals surface area contributed by atoms with Crippen molar-refractivity contribution in [3.8, 4) is 17.2 Å². The Morgan fingerprint density at radius 3 is 2.58 bits per heavy atom. The summed E-state index contributed by atoms with van der Waals surface area (Å²) >= 11 is 5.84. The number of halogens is 1. The molecule has 24 heavy (non-hydrogen) atoms. The van der Waals surface area contributed by atoms with Crippen LogP contribution in [0, 0.1) is 0 Å². The quantitative estimate of drug-likeness (QED) is 0.690. The number of aromatic nitrogens is 2. The van der Waals surface area contributed by atoms with E-state index < -0.39 is 9.84 Å². The fourth-order valence-electron chi connectivity index (χ4n) is 2.08. The maximum absolute atomic E-state index is 12.4. The van der Waals surface area contributed by atoms with Crippen molar-refractivity contribution in [3.05, 3.63) is 59.4 Å². The van der Waals surface area contributed by atoms with E-state index in [2.05, 4.69) is 10.1 Å². The molecule has 0 amide bonds. The Balaban J connectivity index is 1.83. The Morgan fingerprint density at radius 1 is 1.17 bits per heavy atom. The van der Waals surface area contributed by atoms with Crippen LogP contribution in [0.3, 0.4) is 0 Å². The highest BCUT2D eigenvalue weighted by Crippen LogP contribution is 2.23. The summed E-state index contributed by atoms with van der Waals surface area (Å²) in [7, 11) is -2.03. The molecule has 0 saturated carbocycles. The molecule has 124 valence electrons. The van der Waals surface area contributed by atoms with Gasteiger partial charge in [-0.05, 0) is 42.5 Å². The van der Waals surface area contributed by atoms with Crippen LogP contribution in [-0.2, 0) is 15.6 Å². The van der Waals surface area contributed by atoms with Crippen LogP contribution >= 0.6 is 11.6 Å². The molecule has 1 heterocycles. The molecule has 0 aliphatic carbocycles. The molecular weight excluding hydrogens is 352 g/mol. The molecule has 0 spiro atoms. The second-order valence-corrected chi connectivity index (χ2v) is 7.39. The summed E-state index contributed by atoms with van der Waals surface area (Å²) < 4.78 is 35.0. The minimum atomic E-state index is -3.60. The monoisotopic (exact) mass is 364 g/mol. The lowest BCUT2D eigenvalue weighted by Crippen LogP contribution is -2.06. The van der Waals surface area contributed by atoms with Gasteiger partial charge in [-0.3, -0.25) is 0 Å². The molecule has 0 bridgehead atoms. The summed E-state index contributed by atoms with van der Waals surface area (Å²) in [4.78, 5) is 4.25. The standard InChI is InChI=1S/C16H13ClN2O4S/c1-22-13-7-5-11(6-8-13)16-18-15(19-23-16)10-24(20,21)14-4-2-3-12(17)9-14/h2-9H,10H2,1H3. The average Bonchev–Trinajstić information content (AvgIpc) is 3.03. The van der Waals surface area contributed by atoms with Crippen molar-refractivity contribution < 1.29 is 17.7 Å². The molecule has 0 aliphatic rings. The lowest BCUT2D eigenvalue weighted by Gasteiger charge is -2.01. The van der Waals surface area contributed by atoms with Crippen LogP contribution in [0.2, 0.25) is 5.02 Å². The van der Waals surface area contributed by atoms with E-state index in [1.165, 1.54) is 12.1 Å². The van der Waals surface area contributed by atoms with Gasteiger partial charge in [0.05, 0.1) is 12.0 Å². The number of benzene rings is 2. The Labute approximate surface area is 144 Å². The third kappa shape index (κ3) is 3.58. The summed E-state index contributed by atoms with van der Waals surface area (Å²) in [5.74, 6) is 0.657. The molecule has 0 unspecified atom stereocenters. The lowest BCUT2D eigenvalue weighted by molar-refractivity contribution is 0.414. The fourth-order valence-corrected chi connectivity index (χ4v) is 3.55. The normalized spacial score (nSPS) is 11.4. The molecule has 0 N–H and O–H groups in total. The summed E-state index contributed by atoms with van der Waals surface area (Å²) in [6.07, 6.45) is 0. The first kappa shape index (κ1) is 16.5. The second kappa shape index (κ2) is 6.62. The van der Waals surface area contributed by atoms with E-state index in [4.69, 9.17) is 20.9 Å². The van der Waals surface area contributed by atoms with Crippen molar-refractivity contribution in [1.82, 2.24) is 10.1 Å². The second-order valence-electron chi connectivity index (χ2n) is 4.96. The molecular formula is C16H13ClN2O4S. The minimum absolute atomic E-state index is 0.0841. The van der Waals surface area contributed by atoms with Crippen LogP contribution < -0.4 is 4.74 Å². The van der Waals surface area contributed by atoms with E-state index in [-0.39, 0.29) is 22.4 Å². The molecule has 0 saturated heterocycles. The molecule has 2 aromatic carbocycles. The van der Waals surface area contributed by atoms with Crippen LogP contribution in [0.25, 0.3) is 11.5 Å². The number of methoxy groups -OCH3 is 1. The largest absolute Gasteiger partial charge is 0.497 e. The fraction of sp³-hybridized carbons (Fsp3) is 0.125. The van der Waals surface area contributed by atoms with Gasteiger partial charge in [-0.1, -0.05) is 22.8 Å². The highest BCUT2D eigenvalue weighted by molar-refractivity contribution is 7.90. The highest BCUT2D eigenvalue weighted by atomic mass is 35.5. The number of sulfone groups is 1. The number of hydrogen-bond acceptors (Lipinski definition) is 6. The Kier molecular flexibility index (Phi) is 4.55. The maximum Gasteiger partial charge on any atom is 0.257 e. The van der Waals surface area contributed by atoms with Gasteiger partial charge in [0, 0.05) is 10.6 Å². The number of ether oxygens (including phenoxy) is 1. The van der Waals surface area contributed by atoms with E-state index in [1.807, 2.05) is 0 Å². The van der Waals surface area contributed by atoms with Gasteiger partial charge < -0.3 is 9.26 Å². The molecule has 3 rings (SSSR count). The van der Waals surface area contributed by atoms with Gasteiger partial charge in [0.2, 0.25) is 0 Å². The Morgan fingerprint density at radius 2 is 1.92 bits per heavy atom. The van der Waals surface area contributed by atoms with Gasteiger partial charge in [-0.2, -0.15) is 4.98 Å². The predicted molar refractivity (Wildman–Crippen MR) is 88.6 cm³/mol. The highest BCUT2D eigenvalue weighted by Gasteiger charge is 2.20. The van der Waals surface area contributed by atoms with Gasteiger partial charge in [0.15, 0.2) is 15.7 Å².